The van der Waals surface area contributed by atoms with E-state index in [9.17, 15) is 4.79 Å². The normalized spacial score (nSPS) is 12.5. The van der Waals surface area contributed by atoms with Gasteiger partial charge in [0.15, 0.2) is 0 Å². The zero-order chi connectivity index (χ0) is 23.4. The molecule has 0 heterocycles. The van der Waals surface area contributed by atoms with Gasteiger partial charge in [-0.2, -0.15) is 0 Å². The summed E-state index contributed by atoms with van der Waals surface area (Å²) in [6.45, 7) is 2.16. The molecule has 0 saturated heterocycles. The van der Waals surface area contributed by atoms with E-state index in [-0.39, 0.29) is 0 Å². The maximum absolute atomic E-state index is 10.4. The van der Waals surface area contributed by atoms with Gasteiger partial charge in [0.1, 0.15) is 0 Å². The minimum Gasteiger partial charge on any atom is -0.481 e. The molecule has 0 aromatic heterocycles. The fourth-order valence-electron chi connectivity index (χ4n) is 3.50. The Balaban J connectivity index is 3.29. The van der Waals surface area contributed by atoms with Gasteiger partial charge in [-0.15, -0.1) is 0 Å². The summed E-state index contributed by atoms with van der Waals surface area (Å²) in [5, 5.41) is 8.59. The fourth-order valence-corrected chi connectivity index (χ4v) is 3.50. The van der Waals surface area contributed by atoms with E-state index in [0.29, 0.717) is 6.42 Å². The molecule has 0 aromatic carbocycles. The van der Waals surface area contributed by atoms with Gasteiger partial charge in [0, 0.05) is 6.42 Å². The monoisotopic (exact) mass is 442 g/mol. The molecule has 0 aliphatic carbocycles. The van der Waals surface area contributed by atoms with Crippen LogP contribution in [0.1, 0.15) is 122 Å². The number of carboxylic acid groups (broad SMARTS) is 1. The Hall–Kier alpha value is -1.83. The molecule has 0 spiro atoms. The molecule has 0 radical (unpaired) electrons. The average Bonchev–Trinajstić information content (AvgIpc) is 2.78. The first kappa shape index (κ1) is 30.2. The van der Waals surface area contributed by atoms with Crippen molar-refractivity contribution in [1.82, 2.24) is 0 Å². The number of hydrogen-bond acceptors (Lipinski definition) is 1. The topological polar surface area (TPSA) is 37.3 Å². The second kappa shape index (κ2) is 27.2. The minimum atomic E-state index is -0.661. The number of unbranched alkanes of at least 4 members (excludes halogenated alkanes) is 11. The molecule has 0 amide bonds. The van der Waals surface area contributed by atoms with Gasteiger partial charge < -0.3 is 5.11 Å². The predicted molar refractivity (Wildman–Crippen MR) is 142 cm³/mol. The molecule has 182 valence electrons. The molecule has 0 bridgehead atoms. The molecule has 0 aliphatic heterocycles. The first-order chi connectivity index (χ1) is 15.8. The third-order valence-electron chi connectivity index (χ3n) is 5.42. The van der Waals surface area contributed by atoms with Gasteiger partial charge in [0.25, 0.3) is 0 Å². The average molecular weight is 443 g/mol. The SMILES string of the molecule is CC/C=C\C/C=C\C/C=C\C/C=C\C/C=C\CCCCCCCCCCCCCC(=O)O. The summed E-state index contributed by atoms with van der Waals surface area (Å²) >= 11 is 0. The third kappa shape index (κ3) is 28.2. The van der Waals surface area contributed by atoms with E-state index < -0.39 is 5.97 Å². The van der Waals surface area contributed by atoms with E-state index >= 15 is 0 Å². The molecule has 32 heavy (non-hydrogen) atoms. The molecule has 0 fully saturated rings. The van der Waals surface area contributed by atoms with Crippen molar-refractivity contribution in [3.63, 3.8) is 0 Å². The van der Waals surface area contributed by atoms with Gasteiger partial charge in [0.2, 0.25) is 0 Å². The van der Waals surface area contributed by atoms with Crippen LogP contribution in [0.5, 0.6) is 0 Å². The highest BCUT2D eigenvalue weighted by atomic mass is 16.4. The molecule has 2 heteroatoms. The largest absolute Gasteiger partial charge is 0.481 e. The third-order valence-corrected chi connectivity index (χ3v) is 5.42. The lowest BCUT2D eigenvalue weighted by Gasteiger charge is -2.02. The standard InChI is InChI=1S/C30H50O2/c1-2-3-4-5-6-7-8-9-10-11-12-13-14-15-16-17-18-19-20-21-22-23-24-25-26-27-28-29-30(31)32/h3-4,6-7,9-10,12-13,15-16H,2,5,8,11,14,17-29H2,1H3,(H,31,32)/b4-3-,7-6-,10-9-,13-12-,16-15-. The van der Waals surface area contributed by atoms with E-state index in [1.165, 1.54) is 64.2 Å². The van der Waals surface area contributed by atoms with Crippen LogP contribution in [0.2, 0.25) is 0 Å². The van der Waals surface area contributed by atoms with E-state index in [2.05, 4.69) is 67.7 Å². The Kier molecular flexibility index (Phi) is 25.6. The van der Waals surface area contributed by atoms with Crippen molar-refractivity contribution < 1.29 is 9.90 Å². The summed E-state index contributed by atoms with van der Waals surface area (Å²) in [6.07, 6.45) is 43.1. The Morgan fingerprint density at radius 1 is 0.500 bits per heavy atom. The summed E-state index contributed by atoms with van der Waals surface area (Å²) in [7, 11) is 0. The highest BCUT2D eigenvalue weighted by Gasteiger charge is 1.96. The number of carboxylic acids is 1. The van der Waals surface area contributed by atoms with Gasteiger partial charge >= 0.3 is 5.97 Å². The van der Waals surface area contributed by atoms with Crippen molar-refractivity contribution in [3.8, 4) is 0 Å². The lowest BCUT2D eigenvalue weighted by atomic mass is 10.0. The Labute approximate surface area is 199 Å². The molecule has 0 saturated carbocycles. The number of carbonyl (C=O) groups is 1. The first-order valence-corrected chi connectivity index (χ1v) is 13.2. The van der Waals surface area contributed by atoms with Crippen molar-refractivity contribution >= 4 is 5.97 Å². The summed E-state index contributed by atoms with van der Waals surface area (Å²) in [4.78, 5) is 10.4. The lowest BCUT2D eigenvalue weighted by Crippen LogP contribution is -1.93. The number of aliphatic carboxylic acids is 1. The summed E-state index contributed by atoms with van der Waals surface area (Å²) in [5.74, 6) is -0.661. The van der Waals surface area contributed by atoms with Gasteiger partial charge in [-0.3, -0.25) is 4.79 Å². The van der Waals surface area contributed by atoms with Crippen LogP contribution in [0.15, 0.2) is 60.8 Å². The van der Waals surface area contributed by atoms with Gasteiger partial charge in [-0.25, -0.2) is 0 Å². The van der Waals surface area contributed by atoms with E-state index in [1.807, 2.05) is 0 Å². The highest BCUT2D eigenvalue weighted by Crippen LogP contribution is 2.12. The second-order valence-electron chi connectivity index (χ2n) is 8.53. The van der Waals surface area contributed by atoms with E-state index in [4.69, 9.17) is 5.11 Å². The molecular formula is C30H50O2. The molecule has 1 N–H and O–H groups in total. The molecule has 0 aromatic rings. The van der Waals surface area contributed by atoms with Crippen LogP contribution in [0.25, 0.3) is 0 Å². The highest BCUT2D eigenvalue weighted by molar-refractivity contribution is 5.66. The molecule has 0 aliphatic rings. The minimum absolute atomic E-state index is 0.333. The van der Waals surface area contributed by atoms with E-state index in [1.54, 1.807) is 0 Å². The zero-order valence-electron chi connectivity index (χ0n) is 20.9. The summed E-state index contributed by atoms with van der Waals surface area (Å²) in [5.41, 5.74) is 0. The Morgan fingerprint density at radius 2 is 0.844 bits per heavy atom. The summed E-state index contributed by atoms with van der Waals surface area (Å²) in [6, 6.07) is 0. The maximum atomic E-state index is 10.4. The van der Waals surface area contributed by atoms with Crippen LogP contribution < -0.4 is 0 Å². The Morgan fingerprint density at radius 3 is 1.25 bits per heavy atom. The van der Waals surface area contributed by atoms with Crippen LogP contribution >= 0.6 is 0 Å². The van der Waals surface area contributed by atoms with Crippen molar-refractivity contribution in [3.05, 3.63) is 60.8 Å². The quantitative estimate of drug-likeness (QED) is 0.126. The molecule has 2 nitrogen and oxygen atoms in total. The maximum Gasteiger partial charge on any atom is 0.303 e. The van der Waals surface area contributed by atoms with Crippen LogP contribution in [-0.4, -0.2) is 11.1 Å². The number of hydrogen-bond donors (Lipinski definition) is 1. The van der Waals surface area contributed by atoms with Gasteiger partial charge in [-0.05, 0) is 51.4 Å². The molecule has 0 rings (SSSR count). The lowest BCUT2D eigenvalue weighted by molar-refractivity contribution is -0.137. The Bertz CT molecular complexity index is 537. The number of allylic oxidation sites excluding steroid dienone is 10. The van der Waals surface area contributed by atoms with Crippen LogP contribution in [0.4, 0.5) is 0 Å². The zero-order valence-corrected chi connectivity index (χ0v) is 20.9. The molecule has 0 atom stereocenters. The van der Waals surface area contributed by atoms with E-state index in [0.717, 1.165) is 44.9 Å². The molecule has 0 unspecified atom stereocenters. The number of rotatable bonds is 23. The van der Waals surface area contributed by atoms with Crippen molar-refractivity contribution in [2.75, 3.05) is 0 Å². The van der Waals surface area contributed by atoms with Gasteiger partial charge in [0.05, 0.1) is 0 Å². The molecular weight excluding hydrogens is 392 g/mol. The van der Waals surface area contributed by atoms with Crippen LogP contribution in [0, 0.1) is 0 Å². The van der Waals surface area contributed by atoms with Crippen molar-refractivity contribution in [1.29, 1.82) is 0 Å². The predicted octanol–water partition coefficient (Wildman–Crippen LogP) is 9.89. The summed E-state index contributed by atoms with van der Waals surface area (Å²) < 4.78 is 0. The smallest absolute Gasteiger partial charge is 0.303 e. The van der Waals surface area contributed by atoms with Crippen LogP contribution in [-0.2, 0) is 4.79 Å². The van der Waals surface area contributed by atoms with Crippen molar-refractivity contribution in [2.24, 2.45) is 0 Å². The van der Waals surface area contributed by atoms with Crippen LogP contribution in [0.3, 0.4) is 0 Å². The first-order valence-electron chi connectivity index (χ1n) is 13.2. The van der Waals surface area contributed by atoms with Gasteiger partial charge in [-0.1, -0.05) is 125 Å². The second-order valence-corrected chi connectivity index (χ2v) is 8.53. The fraction of sp³-hybridized carbons (Fsp3) is 0.633. The van der Waals surface area contributed by atoms with Crippen molar-refractivity contribution in [2.45, 2.75) is 122 Å².